The van der Waals surface area contributed by atoms with E-state index in [1.807, 2.05) is 48.5 Å². The first-order valence-corrected chi connectivity index (χ1v) is 9.40. The minimum Gasteiger partial charge on any atom is -0.407 e. The summed E-state index contributed by atoms with van der Waals surface area (Å²) in [4.78, 5) is 21.4. The Morgan fingerprint density at radius 3 is 2.45 bits per heavy atom. The largest absolute Gasteiger partial charge is 0.407 e. The highest BCUT2D eigenvalue weighted by atomic mass is 19.1. The van der Waals surface area contributed by atoms with Gasteiger partial charge in [0.1, 0.15) is 5.82 Å². The second-order valence-electron chi connectivity index (χ2n) is 6.66. The smallest absolute Gasteiger partial charge is 0.291 e. The quantitative estimate of drug-likeness (QED) is 0.451. The van der Waals surface area contributed by atoms with Crippen molar-refractivity contribution >= 4 is 29.2 Å². The van der Waals surface area contributed by atoms with Gasteiger partial charge in [0, 0.05) is 16.7 Å². The molecule has 4 N–H and O–H groups in total. The number of carbonyl (C=O) groups is 1. The Morgan fingerprint density at radius 1 is 1.03 bits per heavy atom. The van der Waals surface area contributed by atoms with Crippen LogP contribution in [0, 0.1) is 11.2 Å². The molecule has 1 atom stereocenters. The maximum atomic E-state index is 13.1. The molecule has 0 bridgehead atoms. The van der Waals surface area contributed by atoms with E-state index < -0.39 is 23.9 Å². The molecule has 4 rings (SSSR count). The molecule has 8 heteroatoms. The molecular formula is C23H18FN5O2. The lowest BCUT2D eigenvalue weighted by Crippen LogP contribution is -2.29. The number of ether oxygens (including phenoxy) is 1. The van der Waals surface area contributed by atoms with Crippen LogP contribution < -0.4 is 11.1 Å². The van der Waals surface area contributed by atoms with Crippen molar-refractivity contribution < 1.29 is 13.9 Å². The van der Waals surface area contributed by atoms with Gasteiger partial charge in [0.05, 0.1) is 11.4 Å². The summed E-state index contributed by atoms with van der Waals surface area (Å²) >= 11 is 0. The van der Waals surface area contributed by atoms with Gasteiger partial charge < -0.3 is 15.8 Å². The van der Waals surface area contributed by atoms with Crippen molar-refractivity contribution in [1.29, 1.82) is 5.41 Å². The standard InChI is InChI=1S/C23H18FN5O2/c24-16-12-10-15(11-13-16)20(25)31-23(26)29-21-22(30)27-18-9-5-4-8-17(18)19(28-21)14-6-2-1-3-7-14/h1-13,21,25H,(H2,26,29)(H,27,30). The van der Waals surface area contributed by atoms with Crippen LogP contribution in [0.1, 0.15) is 16.7 Å². The van der Waals surface area contributed by atoms with Crippen molar-refractivity contribution in [2.45, 2.75) is 6.17 Å². The van der Waals surface area contributed by atoms with Crippen LogP contribution in [0.5, 0.6) is 0 Å². The Labute approximate surface area is 177 Å². The van der Waals surface area contributed by atoms with E-state index in [2.05, 4.69) is 15.3 Å². The van der Waals surface area contributed by atoms with E-state index in [1.54, 1.807) is 6.07 Å². The molecule has 154 valence electrons. The number of nitrogens with two attached hydrogens (primary N) is 1. The number of nitrogens with one attached hydrogen (secondary N) is 2. The molecule has 0 saturated carbocycles. The highest BCUT2D eigenvalue weighted by Gasteiger charge is 2.26. The molecule has 7 nitrogen and oxygen atoms in total. The molecule has 0 saturated heterocycles. The number of amidine groups is 1. The number of benzodiazepines with no additional fused rings is 1. The zero-order valence-corrected chi connectivity index (χ0v) is 16.2. The second kappa shape index (κ2) is 8.58. The number of halogens is 1. The van der Waals surface area contributed by atoms with Gasteiger partial charge in [-0.25, -0.2) is 9.38 Å². The van der Waals surface area contributed by atoms with Crippen molar-refractivity contribution in [3.63, 3.8) is 0 Å². The Bertz CT molecular complexity index is 1190. The molecule has 0 aliphatic carbocycles. The van der Waals surface area contributed by atoms with Crippen molar-refractivity contribution in [1.82, 2.24) is 0 Å². The highest BCUT2D eigenvalue weighted by Crippen LogP contribution is 2.24. The number of para-hydroxylation sites is 1. The first kappa shape index (κ1) is 20.0. The maximum absolute atomic E-state index is 13.1. The normalized spacial score (nSPS) is 15.9. The van der Waals surface area contributed by atoms with E-state index in [-0.39, 0.29) is 5.90 Å². The summed E-state index contributed by atoms with van der Waals surface area (Å²) in [7, 11) is 0. The molecule has 0 radical (unpaired) electrons. The van der Waals surface area contributed by atoms with Gasteiger partial charge in [0.2, 0.25) is 12.1 Å². The second-order valence-corrected chi connectivity index (χ2v) is 6.66. The Balaban J connectivity index is 1.66. The van der Waals surface area contributed by atoms with E-state index >= 15 is 0 Å². The predicted octanol–water partition coefficient (Wildman–Crippen LogP) is 3.30. The number of aliphatic imine (C=N–C) groups is 2. The molecule has 1 aliphatic heterocycles. The predicted molar refractivity (Wildman–Crippen MR) is 117 cm³/mol. The minimum atomic E-state index is -1.22. The third kappa shape index (κ3) is 4.48. The summed E-state index contributed by atoms with van der Waals surface area (Å²) in [6.07, 6.45) is -1.22. The van der Waals surface area contributed by atoms with Crippen LogP contribution >= 0.6 is 0 Å². The van der Waals surface area contributed by atoms with Crippen LogP contribution in [0.2, 0.25) is 0 Å². The number of hydrogen-bond acceptors (Lipinski definition) is 5. The summed E-state index contributed by atoms with van der Waals surface area (Å²) in [5.41, 5.74) is 8.89. The van der Waals surface area contributed by atoms with Crippen molar-refractivity contribution in [2.24, 2.45) is 15.7 Å². The molecule has 3 aromatic carbocycles. The van der Waals surface area contributed by atoms with Crippen molar-refractivity contribution in [3.05, 3.63) is 101 Å². The van der Waals surface area contributed by atoms with Crippen molar-refractivity contribution in [3.8, 4) is 0 Å². The van der Waals surface area contributed by atoms with Gasteiger partial charge >= 0.3 is 0 Å². The molecule has 1 aliphatic rings. The number of benzene rings is 3. The molecule has 0 fully saturated rings. The fourth-order valence-corrected chi connectivity index (χ4v) is 3.07. The monoisotopic (exact) mass is 415 g/mol. The van der Waals surface area contributed by atoms with Crippen LogP contribution in [0.25, 0.3) is 0 Å². The lowest BCUT2D eigenvalue weighted by atomic mass is 10.0. The summed E-state index contributed by atoms with van der Waals surface area (Å²) in [6, 6.07) is 21.5. The van der Waals surface area contributed by atoms with Crippen LogP contribution in [0.4, 0.5) is 10.1 Å². The van der Waals surface area contributed by atoms with Crippen LogP contribution in [-0.2, 0) is 9.53 Å². The fourth-order valence-electron chi connectivity index (χ4n) is 3.07. The van der Waals surface area contributed by atoms with E-state index in [1.165, 1.54) is 24.3 Å². The van der Waals surface area contributed by atoms with E-state index in [0.717, 1.165) is 11.1 Å². The number of hydrogen-bond donors (Lipinski definition) is 3. The molecule has 1 heterocycles. The Kier molecular flexibility index (Phi) is 5.53. The topological polar surface area (TPSA) is 113 Å². The zero-order chi connectivity index (χ0) is 21.8. The number of fused-ring (bicyclic) bond motifs is 1. The molecule has 0 spiro atoms. The zero-order valence-electron chi connectivity index (χ0n) is 16.2. The molecule has 31 heavy (non-hydrogen) atoms. The molecular weight excluding hydrogens is 397 g/mol. The van der Waals surface area contributed by atoms with Gasteiger partial charge in [-0.15, -0.1) is 0 Å². The fraction of sp³-hybridized carbons (Fsp3) is 0.0435. The van der Waals surface area contributed by atoms with E-state index in [4.69, 9.17) is 15.9 Å². The molecule has 3 aromatic rings. The van der Waals surface area contributed by atoms with Gasteiger partial charge in [0.25, 0.3) is 11.9 Å². The first-order chi connectivity index (χ1) is 15.0. The van der Waals surface area contributed by atoms with E-state index in [0.29, 0.717) is 17.0 Å². The molecule has 0 aromatic heterocycles. The summed E-state index contributed by atoms with van der Waals surface area (Å²) < 4.78 is 18.3. The number of nitrogens with zero attached hydrogens (tertiary/aromatic N) is 2. The minimum absolute atomic E-state index is 0.311. The molecule has 1 unspecified atom stereocenters. The summed E-state index contributed by atoms with van der Waals surface area (Å²) in [5.74, 6) is -1.25. The van der Waals surface area contributed by atoms with E-state index in [9.17, 15) is 9.18 Å². The van der Waals surface area contributed by atoms with Gasteiger partial charge in [-0.2, -0.15) is 4.99 Å². The average molecular weight is 415 g/mol. The first-order valence-electron chi connectivity index (χ1n) is 9.40. The Hall–Kier alpha value is -4.33. The average Bonchev–Trinajstić information content (AvgIpc) is 2.91. The summed E-state index contributed by atoms with van der Waals surface area (Å²) in [6.45, 7) is 0. The lowest BCUT2D eigenvalue weighted by Gasteiger charge is -2.10. The van der Waals surface area contributed by atoms with Crippen LogP contribution in [-0.4, -0.2) is 29.7 Å². The van der Waals surface area contributed by atoms with Gasteiger partial charge in [-0.05, 0) is 30.3 Å². The number of carbonyl (C=O) groups excluding carboxylic acids is 1. The number of anilines is 1. The SMILES string of the molecule is N=C(O/C(N)=N/C1N=C(c2ccccc2)c2ccccc2NC1=O)c1ccc(F)cc1. The summed E-state index contributed by atoms with van der Waals surface area (Å²) in [5, 5.41) is 10.8. The van der Waals surface area contributed by atoms with Gasteiger partial charge in [-0.3, -0.25) is 10.2 Å². The van der Waals surface area contributed by atoms with Crippen molar-refractivity contribution in [2.75, 3.05) is 5.32 Å². The number of rotatable bonds is 3. The van der Waals surface area contributed by atoms with Crippen LogP contribution in [0.3, 0.4) is 0 Å². The highest BCUT2D eigenvalue weighted by molar-refractivity contribution is 6.19. The van der Waals surface area contributed by atoms with Gasteiger partial charge in [0.15, 0.2) is 0 Å². The lowest BCUT2D eigenvalue weighted by molar-refractivity contribution is -0.117. The number of amides is 1. The molecule has 1 amide bonds. The van der Waals surface area contributed by atoms with Gasteiger partial charge in [-0.1, -0.05) is 48.5 Å². The van der Waals surface area contributed by atoms with Crippen LogP contribution in [0.15, 0.2) is 88.8 Å². The third-order valence-electron chi connectivity index (χ3n) is 4.54. The Morgan fingerprint density at radius 2 is 1.71 bits per heavy atom. The third-order valence-corrected chi connectivity index (χ3v) is 4.54. The maximum Gasteiger partial charge on any atom is 0.291 e.